The lowest BCUT2D eigenvalue weighted by atomic mass is 10.1. The number of hydrogen-bond donors (Lipinski definition) is 0. The molecule has 0 aromatic heterocycles. The van der Waals surface area contributed by atoms with Crippen molar-refractivity contribution in [3.05, 3.63) is 35.6 Å². The highest BCUT2D eigenvalue weighted by Gasteiger charge is 2.26. The van der Waals surface area contributed by atoms with Gasteiger partial charge in [-0.15, -0.1) is 11.6 Å². The molecule has 1 aliphatic heterocycles. The third-order valence-corrected chi connectivity index (χ3v) is 3.35. The van der Waals surface area contributed by atoms with Crippen LogP contribution in [-0.2, 0) is 16.0 Å². The van der Waals surface area contributed by atoms with E-state index in [0.717, 1.165) is 5.56 Å². The van der Waals surface area contributed by atoms with E-state index in [1.165, 1.54) is 12.1 Å². The second kappa shape index (κ2) is 6.16. The lowest BCUT2D eigenvalue weighted by Gasteiger charge is -2.34. The maximum absolute atomic E-state index is 12.8. The fourth-order valence-electron chi connectivity index (χ4n) is 1.99. The van der Waals surface area contributed by atoms with E-state index in [1.54, 1.807) is 17.0 Å². The number of alkyl halides is 1. The van der Waals surface area contributed by atoms with Crippen molar-refractivity contribution < 1.29 is 13.9 Å². The molecule has 1 aromatic carbocycles. The van der Waals surface area contributed by atoms with Gasteiger partial charge in [-0.2, -0.15) is 0 Å². The van der Waals surface area contributed by atoms with Gasteiger partial charge in [-0.3, -0.25) is 4.79 Å². The molecule has 0 spiro atoms. The van der Waals surface area contributed by atoms with Crippen LogP contribution < -0.4 is 0 Å². The van der Waals surface area contributed by atoms with Crippen LogP contribution in [0.2, 0.25) is 0 Å². The van der Waals surface area contributed by atoms with Crippen LogP contribution in [0.3, 0.4) is 0 Å². The molecule has 1 unspecified atom stereocenters. The summed E-state index contributed by atoms with van der Waals surface area (Å²) in [4.78, 5) is 13.9. The van der Waals surface area contributed by atoms with Gasteiger partial charge in [-0.1, -0.05) is 12.1 Å². The Morgan fingerprint density at radius 1 is 1.44 bits per heavy atom. The number of rotatable bonds is 3. The molecule has 0 saturated carbocycles. The van der Waals surface area contributed by atoms with Crippen molar-refractivity contribution in [3.8, 4) is 0 Å². The van der Waals surface area contributed by atoms with E-state index < -0.39 is 0 Å². The summed E-state index contributed by atoms with van der Waals surface area (Å²) in [5.41, 5.74) is 0.807. The minimum Gasteiger partial charge on any atom is -0.377 e. The summed E-state index contributed by atoms with van der Waals surface area (Å²) >= 11 is 5.82. The van der Waals surface area contributed by atoms with Gasteiger partial charge in [-0.25, -0.2) is 4.39 Å². The average Bonchev–Trinajstić information content (AvgIpc) is 2.41. The summed E-state index contributed by atoms with van der Waals surface area (Å²) in [6.45, 7) is 1.60. The van der Waals surface area contributed by atoms with Crippen LogP contribution in [0.15, 0.2) is 24.3 Å². The van der Waals surface area contributed by atoms with Crippen LogP contribution in [-0.4, -0.2) is 42.5 Å². The first kappa shape index (κ1) is 13.3. The first-order chi connectivity index (χ1) is 8.70. The van der Waals surface area contributed by atoms with Gasteiger partial charge >= 0.3 is 0 Å². The summed E-state index contributed by atoms with van der Waals surface area (Å²) in [6, 6.07) is 5.92. The SMILES string of the molecule is O=C(Cc1ccc(F)cc1)N1CCOCC1CCl. The number of amides is 1. The van der Waals surface area contributed by atoms with E-state index in [1.807, 2.05) is 0 Å². The van der Waals surface area contributed by atoms with Gasteiger partial charge in [0.25, 0.3) is 0 Å². The van der Waals surface area contributed by atoms with Crippen molar-refractivity contribution in [2.45, 2.75) is 12.5 Å². The number of benzene rings is 1. The quantitative estimate of drug-likeness (QED) is 0.785. The molecule has 0 aliphatic carbocycles. The number of hydrogen-bond acceptors (Lipinski definition) is 2. The Morgan fingerprint density at radius 3 is 2.83 bits per heavy atom. The predicted octanol–water partition coefficient (Wildman–Crippen LogP) is 1.83. The Morgan fingerprint density at radius 2 is 2.17 bits per heavy atom. The van der Waals surface area contributed by atoms with Crippen molar-refractivity contribution in [1.82, 2.24) is 4.90 Å². The molecule has 1 aromatic rings. The first-order valence-corrected chi connectivity index (χ1v) is 6.42. The molecule has 1 amide bonds. The third kappa shape index (κ3) is 3.21. The highest BCUT2D eigenvalue weighted by atomic mass is 35.5. The van der Waals surface area contributed by atoms with E-state index in [2.05, 4.69) is 0 Å². The number of ether oxygens (including phenoxy) is 1. The molecule has 0 radical (unpaired) electrons. The normalized spacial score (nSPS) is 19.9. The Kier molecular flexibility index (Phi) is 4.55. The van der Waals surface area contributed by atoms with Crippen molar-refractivity contribution in [1.29, 1.82) is 0 Å². The molecule has 1 atom stereocenters. The van der Waals surface area contributed by atoms with Gasteiger partial charge in [-0.05, 0) is 17.7 Å². The second-order valence-electron chi connectivity index (χ2n) is 4.27. The third-order valence-electron chi connectivity index (χ3n) is 2.99. The summed E-state index contributed by atoms with van der Waals surface area (Å²) in [7, 11) is 0. The fourth-order valence-corrected chi connectivity index (χ4v) is 2.25. The molecule has 5 heteroatoms. The zero-order chi connectivity index (χ0) is 13.0. The van der Waals surface area contributed by atoms with Crippen molar-refractivity contribution in [2.75, 3.05) is 25.6 Å². The molecular formula is C13H15ClFNO2. The Labute approximate surface area is 110 Å². The summed E-state index contributed by atoms with van der Waals surface area (Å²) in [5.74, 6) is 0.0848. The number of carbonyl (C=O) groups excluding carboxylic acids is 1. The van der Waals surface area contributed by atoms with Crippen LogP contribution in [0.1, 0.15) is 5.56 Å². The molecule has 3 nitrogen and oxygen atoms in total. The van der Waals surface area contributed by atoms with Gasteiger partial charge in [0.15, 0.2) is 0 Å². The molecule has 1 heterocycles. The first-order valence-electron chi connectivity index (χ1n) is 5.88. The number of nitrogens with zero attached hydrogens (tertiary/aromatic N) is 1. The topological polar surface area (TPSA) is 29.5 Å². The van der Waals surface area contributed by atoms with E-state index >= 15 is 0 Å². The minimum absolute atomic E-state index is 0.00978. The van der Waals surface area contributed by atoms with Crippen LogP contribution in [0.25, 0.3) is 0 Å². The van der Waals surface area contributed by atoms with E-state index in [4.69, 9.17) is 16.3 Å². The molecule has 1 aliphatic rings. The molecule has 98 valence electrons. The summed E-state index contributed by atoms with van der Waals surface area (Å²) in [6.07, 6.45) is 0.271. The molecule has 2 rings (SSSR count). The Bertz CT molecular complexity index is 410. The van der Waals surface area contributed by atoms with Gasteiger partial charge in [0.2, 0.25) is 5.91 Å². The monoisotopic (exact) mass is 271 g/mol. The predicted molar refractivity (Wildman–Crippen MR) is 67.1 cm³/mol. The average molecular weight is 272 g/mol. The van der Waals surface area contributed by atoms with Crippen LogP contribution in [0, 0.1) is 5.82 Å². The lowest BCUT2D eigenvalue weighted by Crippen LogP contribution is -2.50. The molecular weight excluding hydrogens is 257 g/mol. The van der Waals surface area contributed by atoms with Crippen molar-refractivity contribution in [2.24, 2.45) is 0 Å². The van der Waals surface area contributed by atoms with Crippen molar-refractivity contribution >= 4 is 17.5 Å². The maximum atomic E-state index is 12.8. The van der Waals surface area contributed by atoms with Gasteiger partial charge in [0.1, 0.15) is 5.82 Å². The minimum atomic E-state index is -0.295. The molecule has 1 saturated heterocycles. The van der Waals surface area contributed by atoms with E-state index in [0.29, 0.717) is 25.6 Å². The highest BCUT2D eigenvalue weighted by Crippen LogP contribution is 2.12. The second-order valence-corrected chi connectivity index (χ2v) is 4.58. The molecule has 1 fully saturated rings. The standard InChI is InChI=1S/C13H15ClFNO2/c14-8-12-9-18-6-5-16(12)13(17)7-10-1-3-11(15)4-2-10/h1-4,12H,5-9H2. The van der Waals surface area contributed by atoms with Crippen LogP contribution in [0.4, 0.5) is 4.39 Å². The van der Waals surface area contributed by atoms with Crippen LogP contribution in [0.5, 0.6) is 0 Å². The number of morpholine rings is 1. The van der Waals surface area contributed by atoms with Gasteiger partial charge in [0.05, 0.1) is 25.7 Å². The van der Waals surface area contributed by atoms with Gasteiger partial charge < -0.3 is 9.64 Å². The van der Waals surface area contributed by atoms with Crippen LogP contribution >= 0.6 is 11.6 Å². The molecule has 0 N–H and O–H groups in total. The highest BCUT2D eigenvalue weighted by molar-refractivity contribution is 6.18. The molecule has 18 heavy (non-hydrogen) atoms. The van der Waals surface area contributed by atoms with Crippen molar-refractivity contribution in [3.63, 3.8) is 0 Å². The van der Waals surface area contributed by atoms with Gasteiger partial charge in [0, 0.05) is 12.4 Å². The Hall–Kier alpha value is -1.13. The number of halogens is 2. The van der Waals surface area contributed by atoms with E-state index in [-0.39, 0.29) is 24.2 Å². The number of carbonyl (C=O) groups is 1. The maximum Gasteiger partial charge on any atom is 0.227 e. The van der Waals surface area contributed by atoms with E-state index in [9.17, 15) is 9.18 Å². The largest absolute Gasteiger partial charge is 0.377 e. The Balaban J connectivity index is 2.00. The zero-order valence-corrected chi connectivity index (χ0v) is 10.7. The summed E-state index contributed by atoms with van der Waals surface area (Å²) < 4.78 is 18.1. The smallest absolute Gasteiger partial charge is 0.227 e. The molecule has 0 bridgehead atoms. The fraction of sp³-hybridized carbons (Fsp3) is 0.462. The zero-order valence-electron chi connectivity index (χ0n) is 9.94. The summed E-state index contributed by atoms with van der Waals surface area (Å²) in [5, 5.41) is 0. The lowest BCUT2D eigenvalue weighted by molar-refractivity contribution is -0.138.